The normalized spacial score (nSPS) is 25.4. The van der Waals surface area contributed by atoms with E-state index < -0.39 is 30.5 Å². The van der Waals surface area contributed by atoms with Gasteiger partial charge in [-0.15, -0.1) is 0 Å². The molecule has 28 heavy (non-hydrogen) atoms. The van der Waals surface area contributed by atoms with Crippen molar-refractivity contribution in [1.82, 2.24) is 9.97 Å². The summed E-state index contributed by atoms with van der Waals surface area (Å²) in [6.07, 6.45) is 1.21. The minimum Gasteiger partial charge on any atom is -0.388 e. The van der Waals surface area contributed by atoms with Crippen LogP contribution < -0.4 is 0 Å². The van der Waals surface area contributed by atoms with Crippen molar-refractivity contribution in [2.24, 2.45) is 0 Å². The molecule has 1 aromatic heterocycles. The highest BCUT2D eigenvalue weighted by molar-refractivity contribution is 6.30. The zero-order valence-electron chi connectivity index (χ0n) is 16.5. The number of aliphatic hydroxyl groups is 3. The smallest absolute Gasteiger partial charge is 0.116 e. The predicted octanol–water partition coefficient (Wildman–Crippen LogP) is 3.01. The summed E-state index contributed by atoms with van der Waals surface area (Å²) in [4.78, 5) is 8.19. The summed E-state index contributed by atoms with van der Waals surface area (Å²) >= 11 is 5.83. The third-order valence-electron chi connectivity index (χ3n) is 4.66. The molecule has 5 atom stereocenters. The monoisotopic (exact) mass is 406 g/mol. The molecule has 7 heteroatoms. The molecule has 3 rings (SSSR count). The van der Waals surface area contributed by atoms with E-state index in [0.717, 1.165) is 17.0 Å². The maximum absolute atomic E-state index is 10.1. The van der Waals surface area contributed by atoms with Crippen molar-refractivity contribution in [3.05, 3.63) is 64.2 Å². The van der Waals surface area contributed by atoms with E-state index in [1.807, 2.05) is 32.9 Å². The Labute approximate surface area is 170 Å². The summed E-state index contributed by atoms with van der Waals surface area (Å²) < 4.78 is 5.35. The van der Waals surface area contributed by atoms with Crippen molar-refractivity contribution in [3.63, 3.8) is 0 Å². The van der Waals surface area contributed by atoms with Gasteiger partial charge in [0.15, 0.2) is 0 Å². The second-order valence-corrected chi connectivity index (χ2v) is 7.18. The van der Waals surface area contributed by atoms with Gasteiger partial charge >= 0.3 is 0 Å². The summed E-state index contributed by atoms with van der Waals surface area (Å²) in [6.45, 7) is 7.62. The lowest BCUT2D eigenvalue weighted by molar-refractivity contribution is -0.0635. The van der Waals surface area contributed by atoms with E-state index >= 15 is 0 Å². The molecule has 1 aromatic carbocycles. The van der Waals surface area contributed by atoms with Crippen LogP contribution in [0, 0.1) is 13.8 Å². The maximum Gasteiger partial charge on any atom is 0.116 e. The van der Waals surface area contributed by atoms with Gasteiger partial charge in [0.1, 0.15) is 30.7 Å². The van der Waals surface area contributed by atoms with E-state index in [1.54, 1.807) is 37.5 Å². The van der Waals surface area contributed by atoms with Crippen molar-refractivity contribution >= 4 is 17.7 Å². The quantitative estimate of drug-likeness (QED) is 0.725. The second-order valence-electron chi connectivity index (χ2n) is 6.75. The van der Waals surface area contributed by atoms with Crippen LogP contribution in [0.4, 0.5) is 0 Å². The Hall–Kier alpha value is -1.83. The number of allylic oxidation sites excluding steroid dienone is 1. The molecular weight excluding hydrogens is 380 g/mol. The Morgan fingerprint density at radius 2 is 1.79 bits per heavy atom. The van der Waals surface area contributed by atoms with Crippen LogP contribution in [0.5, 0.6) is 0 Å². The second kappa shape index (κ2) is 10.1. The van der Waals surface area contributed by atoms with Gasteiger partial charge in [-0.25, -0.2) is 9.97 Å². The molecule has 0 radical (unpaired) electrons. The molecule has 0 saturated carbocycles. The molecule has 0 unspecified atom stereocenters. The highest BCUT2D eigenvalue weighted by Crippen LogP contribution is 2.31. The molecule has 1 saturated heterocycles. The van der Waals surface area contributed by atoms with Gasteiger partial charge in [-0.2, -0.15) is 0 Å². The number of benzene rings is 1. The average Bonchev–Trinajstić information content (AvgIpc) is 2.92. The Morgan fingerprint density at radius 1 is 1.14 bits per heavy atom. The van der Waals surface area contributed by atoms with Gasteiger partial charge < -0.3 is 20.1 Å². The number of hydrogen-bond donors (Lipinski definition) is 3. The van der Waals surface area contributed by atoms with Crippen LogP contribution in [0.25, 0.3) is 6.08 Å². The van der Waals surface area contributed by atoms with E-state index in [1.165, 1.54) is 0 Å². The topological polar surface area (TPSA) is 95.7 Å². The number of aliphatic hydroxyl groups excluding tert-OH is 3. The average molecular weight is 407 g/mol. The molecule has 3 N–H and O–H groups in total. The van der Waals surface area contributed by atoms with Crippen molar-refractivity contribution in [2.75, 3.05) is 0 Å². The lowest BCUT2D eigenvalue weighted by Gasteiger charge is -2.21. The number of aryl methyl sites for hydroxylation is 2. The number of rotatable bonds is 3. The summed E-state index contributed by atoms with van der Waals surface area (Å²) in [5.74, 6) is 0. The molecule has 1 aliphatic rings. The van der Waals surface area contributed by atoms with Crippen molar-refractivity contribution in [1.29, 1.82) is 0 Å². The van der Waals surface area contributed by atoms with Gasteiger partial charge in [0, 0.05) is 22.0 Å². The van der Waals surface area contributed by atoms with E-state index in [4.69, 9.17) is 16.3 Å². The fourth-order valence-electron chi connectivity index (χ4n) is 3.03. The van der Waals surface area contributed by atoms with Gasteiger partial charge in [0.25, 0.3) is 0 Å². The van der Waals surface area contributed by atoms with Gasteiger partial charge in [-0.05, 0) is 45.4 Å². The van der Waals surface area contributed by atoms with Crippen LogP contribution in [-0.2, 0) is 4.74 Å². The first kappa shape index (κ1) is 22.5. The van der Waals surface area contributed by atoms with Crippen molar-refractivity contribution in [3.8, 4) is 0 Å². The molecule has 0 amide bonds. The van der Waals surface area contributed by atoms with Gasteiger partial charge in [-0.1, -0.05) is 35.9 Å². The van der Waals surface area contributed by atoms with Crippen LogP contribution in [0.3, 0.4) is 0 Å². The molecule has 6 nitrogen and oxygen atoms in total. The number of halogens is 1. The van der Waals surface area contributed by atoms with Crippen LogP contribution in [-0.4, -0.2) is 49.7 Å². The highest BCUT2D eigenvalue weighted by Gasteiger charge is 2.44. The van der Waals surface area contributed by atoms with E-state index in [-0.39, 0.29) is 0 Å². The number of hydrogen-bond acceptors (Lipinski definition) is 6. The molecular formula is C21H27ClN2O4. The van der Waals surface area contributed by atoms with Crippen LogP contribution in [0.1, 0.15) is 42.5 Å². The van der Waals surface area contributed by atoms with E-state index in [2.05, 4.69) is 9.97 Å². The van der Waals surface area contributed by atoms with Gasteiger partial charge in [0.2, 0.25) is 0 Å². The standard InChI is InChI=1S/C12H15ClO4.C9H12N2/c1-6-9(14)11(16)12(17-6)10(15)7-3-2-4-8(13)5-7;1-4-5-9-7(2)10-6-11-8(9)3/h2-6,9-12,14-16H,1H3;4-6H,1-3H3/b;5-4-/t6-,9-,10+,11-,12+;/m0./s1. The predicted molar refractivity (Wildman–Crippen MR) is 109 cm³/mol. The molecule has 0 spiro atoms. The van der Waals surface area contributed by atoms with E-state index in [0.29, 0.717) is 10.6 Å². The first-order valence-corrected chi connectivity index (χ1v) is 9.50. The lowest BCUT2D eigenvalue weighted by Crippen LogP contribution is -2.34. The van der Waals surface area contributed by atoms with Crippen LogP contribution >= 0.6 is 11.6 Å². The zero-order chi connectivity index (χ0) is 20.8. The third kappa shape index (κ3) is 5.37. The summed E-state index contributed by atoms with van der Waals surface area (Å²) in [6, 6.07) is 6.71. The van der Waals surface area contributed by atoms with Crippen LogP contribution in [0.2, 0.25) is 5.02 Å². The molecule has 1 fully saturated rings. The number of nitrogens with zero attached hydrogens (tertiary/aromatic N) is 2. The molecule has 2 aromatic rings. The van der Waals surface area contributed by atoms with Gasteiger partial charge in [0.05, 0.1) is 6.10 Å². The fraction of sp³-hybridized carbons (Fsp3) is 0.429. The highest BCUT2D eigenvalue weighted by atomic mass is 35.5. The Balaban J connectivity index is 0.000000221. The Bertz CT molecular complexity index is 794. The number of aromatic nitrogens is 2. The maximum atomic E-state index is 10.1. The number of ether oxygens (including phenoxy) is 1. The summed E-state index contributed by atoms with van der Waals surface area (Å²) in [7, 11) is 0. The lowest BCUT2D eigenvalue weighted by atomic mass is 9.99. The molecule has 2 heterocycles. The Kier molecular flexibility index (Phi) is 8.10. The van der Waals surface area contributed by atoms with Crippen molar-refractivity contribution < 1.29 is 20.1 Å². The SMILES string of the molecule is C/C=C\c1c(C)ncnc1C.C[C@@H]1O[C@H]([C@H](O)c2cccc(Cl)c2)[C@@H](O)[C@H]1O. The molecule has 0 bridgehead atoms. The largest absolute Gasteiger partial charge is 0.388 e. The zero-order valence-corrected chi connectivity index (χ0v) is 17.2. The first-order valence-electron chi connectivity index (χ1n) is 9.12. The first-order chi connectivity index (χ1) is 13.3. The van der Waals surface area contributed by atoms with Crippen LogP contribution in [0.15, 0.2) is 36.7 Å². The Morgan fingerprint density at radius 3 is 2.29 bits per heavy atom. The molecule has 1 aliphatic heterocycles. The minimum absolute atomic E-state index is 0.496. The van der Waals surface area contributed by atoms with Crippen molar-refractivity contribution in [2.45, 2.75) is 58.2 Å². The minimum atomic E-state index is -1.10. The van der Waals surface area contributed by atoms with Gasteiger partial charge in [-0.3, -0.25) is 0 Å². The fourth-order valence-corrected chi connectivity index (χ4v) is 3.23. The molecule has 152 valence electrons. The third-order valence-corrected chi connectivity index (χ3v) is 4.89. The molecule has 0 aliphatic carbocycles. The summed E-state index contributed by atoms with van der Waals surface area (Å²) in [5, 5.41) is 29.9. The van der Waals surface area contributed by atoms with E-state index in [9.17, 15) is 15.3 Å². The summed E-state index contributed by atoms with van der Waals surface area (Å²) in [5.41, 5.74) is 3.77.